The van der Waals surface area contributed by atoms with E-state index in [1.54, 1.807) is 11.7 Å². The topological polar surface area (TPSA) is 102 Å². The number of H-pyrrole nitrogens is 1. The van der Waals surface area contributed by atoms with Crippen LogP contribution in [0.15, 0.2) is 34.3 Å². The normalized spacial score (nSPS) is 15.8. The number of aromatic nitrogens is 4. The molecule has 1 aliphatic heterocycles. The lowest BCUT2D eigenvalue weighted by Crippen LogP contribution is -2.27. The Morgan fingerprint density at radius 1 is 1.50 bits per heavy atom. The molecule has 8 nitrogen and oxygen atoms in total. The van der Waals surface area contributed by atoms with Crippen LogP contribution in [0.3, 0.4) is 0 Å². The van der Waals surface area contributed by atoms with Gasteiger partial charge in [-0.2, -0.15) is 5.10 Å². The fraction of sp³-hybridized carbons (Fsp3) is 0.294. The van der Waals surface area contributed by atoms with Gasteiger partial charge in [0.1, 0.15) is 11.1 Å². The van der Waals surface area contributed by atoms with E-state index in [0.29, 0.717) is 33.4 Å². The molecule has 1 amide bonds. The number of carbonyl (C=O) groups excluding carboxylic acids is 1. The number of aromatic amines is 1. The number of nitrogens with one attached hydrogen (secondary N) is 2. The van der Waals surface area contributed by atoms with Crippen LogP contribution in [0.5, 0.6) is 5.75 Å². The van der Waals surface area contributed by atoms with Crippen LogP contribution in [-0.4, -0.2) is 38.5 Å². The maximum Gasteiger partial charge on any atom is 0.265 e. The number of hydrogen-bond donors (Lipinski definition) is 2. The second-order valence-electron chi connectivity index (χ2n) is 6.12. The fourth-order valence-corrected chi connectivity index (χ4v) is 4.18. The molecule has 134 valence electrons. The lowest BCUT2D eigenvalue weighted by Gasteiger charge is -2.15. The van der Waals surface area contributed by atoms with Crippen LogP contribution in [0.1, 0.15) is 18.0 Å². The Labute approximate surface area is 153 Å². The van der Waals surface area contributed by atoms with Crippen molar-refractivity contribution in [2.45, 2.75) is 24.5 Å². The van der Waals surface area contributed by atoms with Crippen LogP contribution in [0.4, 0.5) is 5.69 Å². The first-order valence-corrected chi connectivity index (χ1v) is 9.08. The number of ether oxygens (including phenoxy) is 1. The number of rotatable bonds is 4. The number of thioether (sulfide) groups is 1. The van der Waals surface area contributed by atoms with E-state index in [9.17, 15) is 9.59 Å². The standard InChI is InChI=1S/C17H17N5O3S/c1-9-3-4-13(25-2)12(5-9)19-14(23)6-10-8-26-17-20-15-11(7-18-21-15)16(24)22(10)17/h3-5,7,10H,6,8H2,1-2H3,(H,18,21)(H,19,23). The number of nitrogens with zero attached hydrogens (tertiary/aromatic N) is 3. The highest BCUT2D eigenvalue weighted by atomic mass is 32.2. The number of benzene rings is 1. The van der Waals surface area contributed by atoms with E-state index in [1.165, 1.54) is 18.0 Å². The number of carbonyl (C=O) groups is 1. The maximum atomic E-state index is 12.7. The summed E-state index contributed by atoms with van der Waals surface area (Å²) in [6.07, 6.45) is 1.65. The predicted octanol–water partition coefficient (Wildman–Crippen LogP) is 2.11. The van der Waals surface area contributed by atoms with Crippen LogP contribution >= 0.6 is 11.8 Å². The number of aryl methyl sites for hydroxylation is 1. The lowest BCUT2D eigenvalue weighted by molar-refractivity contribution is -0.116. The molecule has 0 saturated carbocycles. The molecule has 0 radical (unpaired) electrons. The Morgan fingerprint density at radius 3 is 3.15 bits per heavy atom. The highest BCUT2D eigenvalue weighted by Gasteiger charge is 2.29. The molecule has 0 aliphatic carbocycles. The van der Waals surface area contributed by atoms with Crippen LogP contribution < -0.4 is 15.6 Å². The van der Waals surface area contributed by atoms with Crippen LogP contribution in [0.2, 0.25) is 0 Å². The van der Waals surface area contributed by atoms with Crippen molar-refractivity contribution >= 4 is 34.4 Å². The molecule has 9 heteroatoms. The fourth-order valence-electron chi connectivity index (χ4n) is 3.04. The number of fused-ring (bicyclic) bond motifs is 2. The highest BCUT2D eigenvalue weighted by Crippen LogP contribution is 2.33. The summed E-state index contributed by atoms with van der Waals surface area (Å²) in [5.74, 6) is 1.05. The zero-order valence-electron chi connectivity index (χ0n) is 14.3. The monoisotopic (exact) mass is 371 g/mol. The number of amides is 1. The second-order valence-corrected chi connectivity index (χ2v) is 7.11. The van der Waals surface area contributed by atoms with Gasteiger partial charge in [-0.3, -0.25) is 19.3 Å². The third-order valence-corrected chi connectivity index (χ3v) is 5.40. The molecule has 3 aromatic rings. The average molecular weight is 371 g/mol. The van der Waals surface area contributed by atoms with Gasteiger partial charge >= 0.3 is 0 Å². The third-order valence-electron chi connectivity index (χ3n) is 4.30. The first-order valence-electron chi connectivity index (χ1n) is 8.09. The average Bonchev–Trinajstić information content (AvgIpc) is 3.23. The van der Waals surface area contributed by atoms with E-state index >= 15 is 0 Å². The van der Waals surface area contributed by atoms with Gasteiger partial charge in [0.2, 0.25) is 5.91 Å². The summed E-state index contributed by atoms with van der Waals surface area (Å²) < 4.78 is 6.88. The van der Waals surface area contributed by atoms with E-state index < -0.39 is 0 Å². The van der Waals surface area contributed by atoms with Gasteiger partial charge in [0.05, 0.1) is 25.0 Å². The summed E-state index contributed by atoms with van der Waals surface area (Å²) in [5.41, 5.74) is 1.95. The molecule has 2 N–H and O–H groups in total. The Balaban J connectivity index is 1.57. The number of anilines is 1. The second kappa shape index (κ2) is 6.49. The molecular weight excluding hydrogens is 354 g/mol. The Hall–Kier alpha value is -2.81. The van der Waals surface area contributed by atoms with E-state index in [1.807, 2.05) is 25.1 Å². The Bertz CT molecular complexity index is 1060. The van der Waals surface area contributed by atoms with E-state index in [2.05, 4.69) is 20.5 Å². The summed E-state index contributed by atoms with van der Waals surface area (Å²) in [6.45, 7) is 1.94. The highest BCUT2D eigenvalue weighted by molar-refractivity contribution is 7.99. The van der Waals surface area contributed by atoms with Crippen molar-refractivity contribution in [2.24, 2.45) is 0 Å². The first-order chi connectivity index (χ1) is 12.6. The van der Waals surface area contributed by atoms with Gasteiger partial charge in [0, 0.05) is 12.2 Å². The van der Waals surface area contributed by atoms with E-state index in [0.717, 1.165) is 5.56 Å². The Morgan fingerprint density at radius 2 is 2.35 bits per heavy atom. The van der Waals surface area contributed by atoms with E-state index in [4.69, 9.17) is 4.74 Å². The van der Waals surface area contributed by atoms with Gasteiger partial charge in [-0.1, -0.05) is 17.8 Å². The summed E-state index contributed by atoms with van der Waals surface area (Å²) in [6, 6.07) is 5.34. The summed E-state index contributed by atoms with van der Waals surface area (Å²) in [4.78, 5) is 29.6. The minimum atomic E-state index is -0.245. The summed E-state index contributed by atoms with van der Waals surface area (Å²) >= 11 is 1.47. The van der Waals surface area contributed by atoms with Crippen molar-refractivity contribution in [1.29, 1.82) is 0 Å². The molecule has 4 rings (SSSR count). The van der Waals surface area contributed by atoms with E-state index in [-0.39, 0.29) is 23.9 Å². The van der Waals surface area contributed by atoms with Gasteiger partial charge in [-0.15, -0.1) is 0 Å². The minimum Gasteiger partial charge on any atom is -0.495 e. The number of methoxy groups -OCH3 is 1. The zero-order valence-corrected chi connectivity index (χ0v) is 15.1. The lowest BCUT2D eigenvalue weighted by atomic mass is 10.2. The van der Waals surface area contributed by atoms with Crippen molar-refractivity contribution in [2.75, 3.05) is 18.2 Å². The molecular formula is C17H17N5O3S. The summed E-state index contributed by atoms with van der Waals surface area (Å²) in [5, 5.41) is 10.5. The van der Waals surface area contributed by atoms with Crippen molar-refractivity contribution in [3.05, 3.63) is 40.3 Å². The SMILES string of the molecule is COc1ccc(C)cc1NC(=O)CC1CSc2nc3[nH]ncc3c(=O)n21. The molecule has 3 heterocycles. The van der Waals surface area contributed by atoms with Gasteiger partial charge in [0.25, 0.3) is 5.56 Å². The number of hydrogen-bond acceptors (Lipinski definition) is 6. The quantitative estimate of drug-likeness (QED) is 0.681. The third kappa shape index (κ3) is 2.84. The molecule has 1 aliphatic rings. The molecule has 2 aromatic heterocycles. The van der Waals surface area contributed by atoms with Gasteiger partial charge in [0.15, 0.2) is 10.8 Å². The van der Waals surface area contributed by atoms with Crippen molar-refractivity contribution in [1.82, 2.24) is 19.7 Å². The maximum absolute atomic E-state index is 12.7. The van der Waals surface area contributed by atoms with Gasteiger partial charge < -0.3 is 10.1 Å². The van der Waals surface area contributed by atoms with Crippen LogP contribution in [0.25, 0.3) is 11.0 Å². The molecule has 1 aromatic carbocycles. The molecule has 0 bridgehead atoms. The smallest absolute Gasteiger partial charge is 0.265 e. The zero-order chi connectivity index (χ0) is 18.3. The van der Waals surface area contributed by atoms with Crippen LogP contribution in [0, 0.1) is 6.92 Å². The molecule has 0 fully saturated rings. The largest absolute Gasteiger partial charge is 0.495 e. The van der Waals surface area contributed by atoms with Gasteiger partial charge in [-0.05, 0) is 24.6 Å². The predicted molar refractivity (Wildman–Crippen MR) is 98.9 cm³/mol. The molecule has 1 unspecified atom stereocenters. The molecule has 0 spiro atoms. The molecule has 26 heavy (non-hydrogen) atoms. The van der Waals surface area contributed by atoms with Crippen molar-refractivity contribution in [3.63, 3.8) is 0 Å². The van der Waals surface area contributed by atoms with Crippen molar-refractivity contribution in [3.8, 4) is 5.75 Å². The minimum absolute atomic E-state index is 0.172. The molecule has 1 atom stereocenters. The first kappa shape index (κ1) is 16.6. The van der Waals surface area contributed by atoms with Crippen LogP contribution in [-0.2, 0) is 4.79 Å². The van der Waals surface area contributed by atoms with Gasteiger partial charge in [-0.25, -0.2) is 4.98 Å². The summed E-state index contributed by atoms with van der Waals surface area (Å²) in [7, 11) is 1.56. The van der Waals surface area contributed by atoms with Crippen molar-refractivity contribution < 1.29 is 9.53 Å². The Kier molecular flexibility index (Phi) is 4.15. The molecule has 0 saturated heterocycles.